The molecule has 0 aromatic carbocycles. The van der Waals surface area contributed by atoms with Crippen LogP contribution in [0.25, 0.3) is 10.2 Å². The summed E-state index contributed by atoms with van der Waals surface area (Å²) in [6, 6.07) is 1.95. The van der Waals surface area contributed by atoms with Crippen molar-refractivity contribution < 1.29 is 4.74 Å². The van der Waals surface area contributed by atoms with E-state index in [1.54, 1.807) is 0 Å². The second kappa shape index (κ2) is 5.40. The summed E-state index contributed by atoms with van der Waals surface area (Å²) >= 11 is 1.40. The van der Waals surface area contributed by atoms with Gasteiger partial charge in [-0.15, -0.1) is 11.3 Å². The number of rotatable bonds is 3. The Morgan fingerprint density at radius 2 is 2.32 bits per heavy atom. The Bertz CT molecular complexity index is 622. The highest BCUT2D eigenvalue weighted by atomic mass is 32.1. The number of nitrogens with one attached hydrogen (secondary N) is 1. The van der Waals surface area contributed by atoms with Gasteiger partial charge >= 0.3 is 0 Å². The molecule has 0 bridgehead atoms. The summed E-state index contributed by atoms with van der Waals surface area (Å²) in [5.41, 5.74) is 6.68. The lowest BCUT2D eigenvalue weighted by Crippen LogP contribution is -2.39. The highest BCUT2D eigenvalue weighted by Crippen LogP contribution is 2.20. The minimum atomic E-state index is -0.0912. The first-order valence-electron chi connectivity index (χ1n) is 6.57. The van der Waals surface area contributed by atoms with Crippen LogP contribution in [-0.2, 0) is 11.3 Å². The molecule has 2 atom stereocenters. The van der Waals surface area contributed by atoms with Crippen LogP contribution >= 0.6 is 11.3 Å². The number of fused-ring (bicyclic) bond motifs is 1. The van der Waals surface area contributed by atoms with Crippen LogP contribution in [-0.4, -0.2) is 22.1 Å². The Balaban J connectivity index is 1.72. The summed E-state index contributed by atoms with van der Waals surface area (Å²) in [7, 11) is 0. The van der Waals surface area contributed by atoms with Gasteiger partial charge in [-0.05, 0) is 24.3 Å². The number of hydrogen-bond donors (Lipinski definition) is 2. The molecule has 2 aromatic rings. The number of aromatic amines is 1. The van der Waals surface area contributed by atoms with Gasteiger partial charge in [0.25, 0.3) is 5.56 Å². The van der Waals surface area contributed by atoms with Gasteiger partial charge in [0, 0.05) is 6.04 Å². The Morgan fingerprint density at radius 1 is 1.47 bits per heavy atom. The number of nitrogens with zero attached hydrogens (tertiary/aromatic N) is 1. The SMILES string of the molecule is NC1CCCCC1OCc1nc2ccsc2c(=O)[nH]1. The maximum absolute atomic E-state index is 11.8. The van der Waals surface area contributed by atoms with Gasteiger partial charge < -0.3 is 15.5 Å². The number of H-pyrrole nitrogens is 1. The molecule has 3 N–H and O–H groups in total. The van der Waals surface area contributed by atoms with E-state index in [2.05, 4.69) is 9.97 Å². The molecule has 0 aliphatic heterocycles. The van der Waals surface area contributed by atoms with E-state index in [0.29, 0.717) is 17.1 Å². The molecule has 0 saturated heterocycles. The van der Waals surface area contributed by atoms with Gasteiger partial charge in [-0.25, -0.2) is 4.98 Å². The molecule has 19 heavy (non-hydrogen) atoms. The monoisotopic (exact) mass is 279 g/mol. The van der Waals surface area contributed by atoms with Gasteiger partial charge in [0.15, 0.2) is 0 Å². The maximum Gasteiger partial charge on any atom is 0.268 e. The maximum atomic E-state index is 11.8. The summed E-state index contributed by atoms with van der Waals surface area (Å²) in [5.74, 6) is 0.577. The minimum Gasteiger partial charge on any atom is -0.369 e. The Labute approximate surface area is 114 Å². The van der Waals surface area contributed by atoms with Crippen LogP contribution in [0.1, 0.15) is 31.5 Å². The number of thiophene rings is 1. The standard InChI is InChI=1S/C13H17N3O2S/c14-8-3-1-2-4-10(8)18-7-11-15-9-5-6-19-12(9)13(17)16-11/h5-6,8,10H,1-4,7,14H2,(H,15,16,17). The summed E-state index contributed by atoms with van der Waals surface area (Å²) in [6.07, 6.45) is 4.42. The lowest BCUT2D eigenvalue weighted by Gasteiger charge is -2.28. The first-order chi connectivity index (χ1) is 9.24. The van der Waals surface area contributed by atoms with Crippen molar-refractivity contribution in [3.63, 3.8) is 0 Å². The zero-order chi connectivity index (χ0) is 13.2. The molecule has 6 heteroatoms. The van der Waals surface area contributed by atoms with Crippen LogP contribution in [0.3, 0.4) is 0 Å². The number of aromatic nitrogens is 2. The van der Waals surface area contributed by atoms with Crippen LogP contribution in [0.2, 0.25) is 0 Å². The van der Waals surface area contributed by atoms with E-state index in [1.807, 2.05) is 11.4 Å². The molecule has 102 valence electrons. The van der Waals surface area contributed by atoms with E-state index >= 15 is 0 Å². The van der Waals surface area contributed by atoms with Crippen molar-refractivity contribution in [3.8, 4) is 0 Å². The lowest BCUT2D eigenvalue weighted by atomic mass is 9.93. The molecular weight excluding hydrogens is 262 g/mol. The zero-order valence-corrected chi connectivity index (χ0v) is 11.4. The summed E-state index contributed by atoms with van der Waals surface area (Å²) < 4.78 is 6.47. The largest absolute Gasteiger partial charge is 0.369 e. The number of ether oxygens (including phenoxy) is 1. The third-order valence-corrected chi connectivity index (χ3v) is 4.45. The number of hydrogen-bond acceptors (Lipinski definition) is 5. The van der Waals surface area contributed by atoms with Crippen molar-refractivity contribution in [1.82, 2.24) is 9.97 Å². The van der Waals surface area contributed by atoms with Crippen LogP contribution in [0, 0.1) is 0 Å². The van der Waals surface area contributed by atoms with Crippen molar-refractivity contribution in [3.05, 3.63) is 27.6 Å². The van der Waals surface area contributed by atoms with Gasteiger partial charge in [-0.2, -0.15) is 0 Å². The molecule has 2 unspecified atom stereocenters. The van der Waals surface area contributed by atoms with Gasteiger partial charge in [0.1, 0.15) is 17.1 Å². The van der Waals surface area contributed by atoms with Gasteiger partial charge in [0.05, 0.1) is 11.6 Å². The number of nitrogens with two attached hydrogens (primary N) is 1. The Hall–Kier alpha value is -1.24. The second-order valence-electron chi connectivity index (χ2n) is 4.95. The molecule has 3 rings (SSSR count). The van der Waals surface area contributed by atoms with Crippen LogP contribution in [0.15, 0.2) is 16.2 Å². The van der Waals surface area contributed by atoms with Crippen molar-refractivity contribution in [1.29, 1.82) is 0 Å². The van der Waals surface area contributed by atoms with Crippen molar-refractivity contribution in [2.24, 2.45) is 5.73 Å². The molecule has 5 nitrogen and oxygen atoms in total. The molecule has 0 spiro atoms. The molecule has 1 aliphatic carbocycles. The molecule has 1 aliphatic rings. The quantitative estimate of drug-likeness (QED) is 0.897. The second-order valence-corrected chi connectivity index (χ2v) is 5.86. The van der Waals surface area contributed by atoms with Crippen molar-refractivity contribution >= 4 is 21.6 Å². The van der Waals surface area contributed by atoms with E-state index in [0.717, 1.165) is 24.8 Å². The zero-order valence-electron chi connectivity index (χ0n) is 10.6. The molecule has 1 saturated carbocycles. The fraction of sp³-hybridized carbons (Fsp3) is 0.538. The third kappa shape index (κ3) is 2.70. The predicted molar refractivity (Wildman–Crippen MR) is 75.3 cm³/mol. The summed E-state index contributed by atoms with van der Waals surface area (Å²) in [4.78, 5) is 19.0. The molecule has 0 radical (unpaired) electrons. The Kier molecular flexibility index (Phi) is 3.63. The third-order valence-electron chi connectivity index (χ3n) is 3.55. The lowest BCUT2D eigenvalue weighted by molar-refractivity contribution is 0.00102. The fourth-order valence-electron chi connectivity index (χ4n) is 2.51. The van der Waals surface area contributed by atoms with Crippen LogP contribution in [0.5, 0.6) is 0 Å². The van der Waals surface area contributed by atoms with Gasteiger partial charge in [-0.1, -0.05) is 12.8 Å². The van der Waals surface area contributed by atoms with E-state index < -0.39 is 0 Å². The molecule has 2 aromatic heterocycles. The van der Waals surface area contributed by atoms with Crippen molar-refractivity contribution in [2.45, 2.75) is 44.4 Å². The van der Waals surface area contributed by atoms with Crippen LogP contribution in [0.4, 0.5) is 0 Å². The molecule has 1 fully saturated rings. The van der Waals surface area contributed by atoms with E-state index in [-0.39, 0.29) is 17.7 Å². The first kappa shape index (κ1) is 12.8. The molecule has 2 heterocycles. The normalized spacial score (nSPS) is 23.8. The van der Waals surface area contributed by atoms with Gasteiger partial charge in [0.2, 0.25) is 0 Å². The highest BCUT2D eigenvalue weighted by molar-refractivity contribution is 7.17. The fourth-order valence-corrected chi connectivity index (χ4v) is 3.23. The van der Waals surface area contributed by atoms with Crippen molar-refractivity contribution in [2.75, 3.05) is 0 Å². The molecular formula is C13H17N3O2S. The smallest absolute Gasteiger partial charge is 0.268 e. The molecule has 0 amide bonds. The first-order valence-corrected chi connectivity index (χ1v) is 7.45. The topological polar surface area (TPSA) is 81.0 Å². The summed E-state index contributed by atoms with van der Waals surface area (Å²) in [6.45, 7) is 0.319. The Morgan fingerprint density at radius 3 is 3.16 bits per heavy atom. The van der Waals surface area contributed by atoms with E-state index in [1.165, 1.54) is 17.8 Å². The van der Waals surface area contributed by atoms with E-state index in [4.69, 9.17) is 10.5 Å². The average Bonchev–Trinajstić information content (AvgIpc) is 2.87. The predicted octanol–water partition coefficient (Wildman–Crippen LogP) is 1.77. The van der Waals surface area contributed by atoms with E-state index in [9.17, 15) is 4.79 Å². The minimum absolute atomic E-state index is 0.0808. The van der Waals surface area contributed by atoms with Crippen LogP contribution < -0.4 is 11.3 Å². The van der Waals surface area contributed by atoms with Gasteiger partial charge in [-0.3, -0.25) is 4.79 Å². The average molecular weight is 279 g/mol. The highest BCUT2D eigenvalue weighted by Gasteiger charge is 2.22. The summed E-state index contributed by atoms with van der Waals surface area (Å²) in [5, 5.41) is 1.87.